The van der Waals surface area contributed by atoms with Crippen LogP contribution in [0.4, 0.5) is 5.69 Å². The molecule has 0 amide bonds. The maximum Gasteiger partial charge on any atom is 0.356 e. The molecule has 0 aliphatic carbocycles. The second-order valence-electron chi connectivity index (χ2n) is 4.33. The summed E-state index contributed by atoms with van der Waals surface area (Å²) in [6, 6.07) is 4.83. The largest absolute Gasteiger partial charge is 0.504 e. The normalized spacial score (nSPS) is 10.8. The third kappa shape index (κ3) is 3.64. The van der Waals surface area contributed by atoms with Crippen molar-refractivity contribution >= 4 is 52.7 Å². The number of carboxylic acid groups (broad SMARTS) is 1. The van der Waals surface area contributed by atoms with Crippen molar-refractivity contribution in [2.75, 3.05) is 12.5 Å². The standard InChI is InChI=1S/C14H10Cl3N3O4/c1-24-7-4-2-3-6(12(7)21)5-18-20-10-8(15)11(14(22)23)19-13(17)9(10)16/h2-5,21H,1H3,(H,19,20)(H,22,23)/b18-5+. The van der Waals surface area contributed by atoms with E-state index < -0.39 is 11.7 Å². The molecule has 10 heteroatoms. The number of carboxylic acids is 1. The van der Waals surface area contributed by atoms with Gasteiger partial charge in [0.1, 0.15) is 10.0 Å². The van der Waals surface area contributed by atoms with Gasteiger partial charge >= 0.3 is 5.97 Å². The fraction of sp³-hybridized carbons (Fsp3) is 0.0714. The summed E-state index contributed by atoms with van der Waals surface area (Å²) in [6.07, 6.45) is 1.28. The molecule has 1 aromatic carbocycles. The number of para-hydroxylation sites is 1. The van der Waals surface area contributed by atoms with E-state index in [9.17, 15) is 9.90 Å². The summed E-state index contributed by atoms with van der Waals surface area (Å²) >= 11 is 17.7. The van der Waals surface area contributed by atoms with Crippen molar-refractivity contribution < 1.29 is 19.7 Å². The summed E-state index contributed by atoms with van der Waals surface area (Å²) in [6.45, 7) is 0. The first-order chi connectivity index (χ1) is 11.4. The number of halogens is 3. The number of hydrogen-bond donors (Lipinski definition) is 3. The Labute approximate surface area is 151 Å². The van der Waals surface area contributed by atoms with Crippen LogP contribution >= 0.6 is 34.8 Å². The van der Waals surface area contributed by atoms with Gasteiger partial charge < -0.3 is 14.9 Å². The van der Waals surface area contributed by atoms with E-state index in [-0.39, 0.29) is 32.4 Å². The van der Waals surface area contributed by atoms with Crippen molar-refractivity contribution in [2.45, 2.75) is 0 Å². The number of rotatable bonds is 5. The van der Waals surface area contributed by atoms with Gasteiger partial charge in [-0.2, -0.15) is 5.10 Å². The molecule has 1 aromatic heterocycles. The smallest absolute Gasteiger partial charge is 0.356 e. The van der Waals surface area contributed by atoms with Crippen molar-refractivity contribution in [3.05, 3.63) is 44.7 Å². The van der Waals surface area contributed by atoms with Gasteiger partial charge in [0.2, 0.25) is 0 Å². The minimum atomic E-state index is -1.36. The Kier molecular flexibility index (Phi) is 5.71. The third-order valence-electron chi connectivity index (χ3n) is 2.87. The molecular formula is C14H10Cl3N3O4. The van der Waals surface area contributed by atoms with Gasteiger partial charge in [0.25, 0.3) is 0 Å². The van der Waals surface area contributed by atoms with Crippen LogP contribution in [-0.4, -0.2) is 34.5 Å². The molecule has 126 valence electrons. The number of pyridine rings is 1. The van der Waals surface area contributed by atoms with Gasteiger partial charge in [-0.1, -0.05) is 40.9 Å². The van der Waals surface area contributed by atoms with Crippen LogP contribution in [0.15, 0.2) is 23.3 Å². The van der Waals surface area contributed by atoms with Gasteiger partial charge in [-0.15, -0.1) is 0 Å². The van der Waals surface area contributed by atoms with Gasteiger partial charge in [-0.25, -0.2) is 9.78 Å². The first-order valence-electron chi connectivity index (χ1n) is 6.29. The number of aromatic nitrogens is 1. The van der Waals surface area contributed by atoms with Gasteiger partial charge in [-0.05, 0) is 12.1 Å². The number of carbonyl (C=O) groups is 1. The van der Waals surface area contributed by atoms with Crippen molar-refractivity contribution in [1.82, 2.24) is 4.98 Å². The van der Waals surface area contributed by atoms with E-state index in [0.717, 1.165) is 0 Å². The molecule has 0 atom stereocenters. The van der Waals surface area contributed by atoms with E-state index in [1.807, 2.05) is 0 Å². The zero-order valence-corrected chi connectivity index (χ0v) is 14.3. The second kappa shape index (κ2) is 7.57. The molecule has 0 saturated carbocycles. The molecule has 2 aromatic rings. The second-order valence-corrected chi connectivity index (χ2v) is 5.44. The molecule has 0 bridgehead atoms. The van der Waals surface area contributed by atoms with Crippen LogP contribution in [0.2, 0.25) is 15.2 Å². The third-order valence-corrected chi connectivity index (χ3v) is 3.98. The van der Waals surface area contributed by atoms with Crippen LogP contribution in [0.5, 0.6) is 11.5 Å². The monoisotopic (exact) mass is 389 g/mol. The maximum absolute atomic E-state index is 11.1. The summed E-state index contributed by atoms with van der Waals surface area (Å²) in [5.41, 5.74) is 2.37. The lowest BCUT2D eigenvalue weighted by molar-refractivity contribution is 0.0691. The Morgan fingerprint density at radius 3 is 2.67 bits per heavy atom. The predicted octanol–water partition coefficient (Wildman–Crippen LogP) is 3.90. The number of hydrazone groups is 1. The van der Waals surface area contributed by atoms with Crippen LogP contribution < -0.4 is 10.2 Å². The summed E-state index contributed by atoms with van der Waals surface area (Å²) < 4.78 is 4.98. The lowest BCUT2D eigenvalue weighted by Gasteiger charge is -2.09. The number of aromatic hydroxyl groups is 1. The Bertz CT molecular complexity index is 827. The number of anilines is 1. The average Bonchev–Trinajstić information content (AvgIpc) is 2.55. The van der Waals surface area contributed by atoms with Gasteiger partial charge in [-0.3, -0.25) is 5.43 Å². The number of nitrogens with one attached hydrogen (secondary N) is 1. The molecule has 2 rings (SSSR count). The quantitative estimate of drug-likeness (QED) is 0.406. The van der Waals surface area contributed by atoms with Crippen molar-refractivity contribution in [2.24, 2.45) is 5.10 Å². The zero-order chi connectivity index (χ0) is 17.9. The molecule has 0 saturated heterocycles. The first kappa shape index (κ1) is 18.1. The number of methoxy groups -OCH3 is 1. The van der Waals surface area contributed by atoms with Gasteiger partial charge in [0.05, 0.1) is 19.0 Å². The number of hydrogen-bond acceptors (Lipinski definition) is 6. The minimum Gasteiger partial charge on any atom is -0.504 e. The molecular weight excluding hydrogens is 381 g/mol. The predicted molar refractivity (Wildman–Crippen MR) is 92.1 cm³/mol. The minimum absolute atomic E-state index is 0.0191. The zero-order valence-electron chi connectivity index (χ0n) is 12.0. The number of aromatic carboxylic acids is 1. The molecule has 3 N–H and O–H groups in total. The van der Waals surface area contributed by atoms with Gasteiger partial charge in [0.15, 0.2) is 22.3 Å². The lowest BCUT2D eigenvalue weighted by atomic mass is 10.2. The van der Waals surface area contributed by atoms with Crippen LogP contribution in [-0.2, 0) is 0 Å². The van der Waals surface area contributed by atoms with Crippen LogP contribution in [0.1, 0.15) is 16.1 Å². The van der Waals surface area contributed by atoms with Crippen LogP contribution in [0, 0.1) is 0 Å². The fourth-order valence-electron chi connectivity index (χ4n) is 1.73. The number of ether oxygens (including phenoxy) is 1. The van der Waals surface area contributed by atoms with E-state index in [2.05, 4.69) is 15.5 Å². The van der Waals surface area contributed by atoms with Crippen molar-refractivity contribution in [3.63, 3.8) is 0 Å². The molecule has 0 radical (unpaired) electrons. The Hall–Kier alpha value is -2.22. The fourth-order valence-corrected chi connectivity index (χ4v) is 2.39. The summed E-state index contributed by atoms with van der Waals surface area (Å²) in [5, 5.41) is 22.3. The maximum atomic E-state index is 11.1. The van der Waals surface area contributed by atoms with Crippen molar-refractivity contribution in [1.29, 1.82) is 0 Å². The topological polar surface area (TPSA) is 104 Å². The summed E-state index contributed by atoms with van der Waals surface area (Å²) in [7, 11) is 1.42. The number of nitrogens with zero attached hydrogens (tertiary/aromatic N) is 2. The first-order valence-corrected chi connectivity index (χ1v) is 7.43. The Balaban J connectivity index is 2.34. The molecule has 0 spiro atoms. The highest BCUT2D eigenvalue weighted by Gasteiger charge is 2.20. The average molecular weight is 391 g/mol. The summed E-state index contributed by atoms with van der Waals surface area (Å²) in [5.74, 6) is -1.20. The molecule has 0 aliphatic heterocycles. The Morgan fingerprint density at radius 2 is 2.04 bits per heavy atom. The molecule has 0 unspecified atom stereocenters. The van der Waals surface area contributed by atoms with Crippen LogP contribution in [0.25, 0.3) is 0 Å². The van der Waals surface area contributed by atoms with E-state index in [1.165, 1.54) is 13.3 Å². The lowest BCUT2D eigenvalue weighted by Crippen LogP contribution is -2.05. The highest BCUT2D eigenvalue weighted by Crippen LogP contribution is 2.37. The summed E-state index contributed by atoms with van der Waals surface area (Å²) in [4.78, 5) is 14.7. The molecule has 24 heavy (non-hydrogen) atoms. The van der Waals surface area contributed by atoms with E-state index >= 15 is 0 Å². The molecule has 0 fully saturated rings. The Morgan fingerprint density at radius 1 is 1.33 bits per heavy atom. The highest BCUT2D eigenvalue weighted by molar-refractivity contribution is 6.46. The SMILES string of the molecule is COc1cccc(/C=N/Nc2c(Cl)c(Cl)nc(C(=O)O)c2Cl)c1O. The van der Waals surface area contributed by atoms with E-state index in [0.29, 0.717) is 5.56 Å². The number of phenols is 1. The van der Waals surface area contributed by atoms with Crippen LogP contribution in [0.3, 0.4) is 0 Å². The van der Waals surface area contributed by atoms with E-state index in [4.69, 9.17) is 44.6 Å². The number of phenolic OH excluding ortho intramolecular Hbond substituents is 1. The van der Waals surface area contributed by atoms with Crippen molar-refractivity contribution in [3.8, 4) is 11.5 Å². The molecule has 1 heterocycles. The van der Waals surface area contributed by atoms with E-state index in [1.54, 1.807) is 18.2 Å². The molecule has 7 nitrogen and oxygen atoms in total. The van der Waals surface area contributed by atoms with Gasteiger partial charge in [0, 0.05) is 5.56 Å². The molecule has 0 aliphatic rings. The number of benzene rings is 1. The highest BCUT2D eigenvalue weighted by atomic mass is 35.5.